The zero-order chi connectivity index (χ0) is 10.9. The van der Waals surface area contributed by atoms with Crippen molar-refractivity contribution in [3.8, 4) is 0 Å². The summed E-state index contributed by atoms with van der Waals surface area (Å²) in [6.07, 6.45) is 6.61. The molecule has 1 rings (SSSR count). The first-order chi connectivity index (χ1) is 7.33. The summed E-state index contributed by atoms with van der Waals surface area (Å²) in [4.78, 5) is 0. The molecule has 0 aromatic carbocycles. The molecule has 1 heterocycles. The Hall–Kier alpha value is -0.120. The fourth-order valence-corrected chi connectivity index (χ4v) is 1.80. The first kappa shape index (κ1) is 12.9. The third kappa shape index (κ3) is 6.13. The summed E-state index contributed by atoms with van der Waals surface area (Å²) in [5.74, 6) is 0.571. The molecule has 90 valence electrons. The minimum absolute atomic E-state index is 0.0408. The first-order valence-corrected chi connectivity index (χ1v) is 6.17. The summed E-state index contributed by atoms with van der Waals surface area (Å²) in [6.45, 7) is 4.14. The van der Waals surface area contributed by atoms with Gasteiger partial charge >= 0.3 is 0 Å². The quantitative estimate of drug-likeness (QED) is 0.664. The maximum absolute atomic E-state index is 8.66. The molecule has 2 atom stereocenters. The van der Waals surface area contributed by atoms with Crippen molar-refractivity contribution < 1.29 is 14.6 Å². The Labute approximate surface area is 92.8 Å². The second-order valence-electron chi connectivity index (χ2n) is 4.45. The lowest BCUT2D eigenvalue weighted by Crippen LogP contribution is -2.24. The number of ether oxygens (including phenoxy) is 2. The molecule has 3 heteroatoms. The van der Waals surface area contributed by atoms with E-state index in [4.69, 9.17) is 14.6 Å². The van der Waals surface area contributed by atoms with Gasteiger partial charge in [-0.1, -0.05) is 13.3 Å². The number of rotatable bonds is 7. The molecular formula is C12H24O3. The molecule has 1 saturated heterocycles. The fraction of sp³-hybridized carbons (Fsp3) is 1.00. The Balaban J connectivity index is 1.97. The second kappa shape index (κ2) is 8.08. The van der Waals surface area contributed by atoms with Gasteiger partial charge in [0.15, 0.2) is 6.29 Å². The average Bonchev–Trinajstić information content (AvgIpc) is 2.28. The van der Waals surface area contributed by atoms with Crippen LogP contribution in [-0.2, 0) is 9.47 Å². The zero-order valence-corrected chi connectivity index (χ0v) is 9.78. The van der Waals surface area contributed by atoms with Crippen LogP contribution >= 0.6 is 0 Å². The van der Waals surface area contributed by atoms with Gasteiger partial charge in [-0.15, -0.1) is 0 Å². The van der Waals surface area contributed by atoms with Crippen LogP contribution in [0, 0.1) is 5.92 Å². The average molecular weight is 216 g/mol. The van der Waals surface area contributed by atoms with Gasteiger partial charge in [0.25, 0.3) is 0 Å². The molecular weight excluding hydrogens is 192 g/mol. The molecule has 0 amide bonds. The van der Waals surface area contributed by atoms with Crippen molar-refractivity contribution in [3.05, 3.63) is 0 Å². The van der Waals surface area contributed by atoms with Gasteiger partial charge in [-0.05, 0) is 38.0 Å². The molecule has 15 heavy (non-hydrogen) atoms. The predicted molar refractivity (Wildman–Crippen MR) is 59.6 cm³/mol. The van der Waals surface area contributed by atoms with E-state index in [-0.39, 0.29) is 6.29 Å². The van der Waals surface area contributed by atoms with Crippen LogP contribution in [0.2, 0.25) is 0 Å². The van der Waals surface area contributed by atoms with E-state index in [9.17, 15) is 0 Å². The van der Waals surface area contributed by atoms with E-state index in [1.165, 1.54) is 12.8 Å². The lowest BCUT2D eigenvalue weighted by atomic mass is 10.1. The van der Waals surface area contributed by atoms with E-state index in [0.29, 0.717) is 12.5 Å². The zero-order valence-electron chi connectivity index (χ0n) is 9.78. The minimum atomic E-state index is 0.0408. The summed E-state index contributed by atoms with van der Waals surface area (Å²) in [6, 6.07) is 0. The van der Waals surface area contributed by atoms with E-state index in [1.807, 2.05) is 0 Å². The SMILES string of the molecule is C[C@@H](CCCCO)COC1CCCCO1. The van der Waals surface area contributed by atoms with Crippen molar-refractivity contribution in [2.24, 2.45) is 5.92 Å². The van der Waals surface area contributed by atoms with Gasteiger partial charge in [-0.2, -0.15) is 0 Å². The molecule has 1 fully saturated rings. The van der Waals surface area contributed by atoms with Crippen LogP contribution in [0.1, 0.15) is 45.4 Å². The fourth-order valence-electron chi connectivity index (χ4n) is 1.80. The Morgan fingerprint density at radius 2 is 2.27 bits per heavy atom. The predicted octanol–water partition coefficient (Wildman–Crippen LogP) is 2.33. The summed E-state index contributed by atoms with van der Waals surface area (Å²) in [5.41, 5.74) is 0. The van der Waals surface area contributed by atoms with Crippen LogP contribution < -0.4 is 0 Å². The van der Waals surface area contributed by atoms with Gasteiger partial charge in [0, 0.05) is 13.2 Å². The highest BCUT2D eigenvalue weighted by Gasteiger charge is 2.14. The van der Waals surface area contributed by atoms with Gasteiger partial charge in [0.2, 0.25) is 0 Å². The van der Waals surface area contributed by atoms with Crippen molar-refractivity contribution in [2.75, 3.05) is 19.8 Å². The van der Waals surface area contributed by atoms with Crippen molar-refractivity contribution in [1.82, 2.24) is 0 Å². The lowest BCUT2D eigenvalue weighted by molar-refractivity contribution is -0.168. The number of aliphatic hydroxyl groups is 1. The van der Waals surface area contributed by atoms with Crippen LogP contribution in [0.15, 0.2) is 0 Å². The topological polar surface area (TPSA) is 38.7 Å². The Morgan fingerprint density at radius 3 is 2.93 bits per heavy atom. The Bertz CT molecular complexity index is 144. The van der Waals surface area contributed by atoms with E-state index in [0.717, 1.165) is 38.9 Å². The maximum Gasteiger partial charge on any atom is 0.157 e. The third-order valence-corrected chi connectivity index (χ3v) is 2.81. The maximum atomic E-state index is 8.66. The molecule has 1 N–H and O–H groups in total. The number of unbranched alkanes of at least 4 members (excludes halogenated alkanes) is 1. The molecule has 1 unspecified atom stereocenters. The van der Waals surface area contributed by atoms with Gasteiger partial charge in [-0.25, -0.2) is 0 Å². The van der Waals surface area contributed by atoms with Crippen LogP contribution in [0.5, 0.6) is 0 Å². The number of hydrogen-bond donors (Lipinski definition) is 1. The van der Waals surface area contributed by atoms with Crippen molar-refractivity contribution in [2.45, 2.75) is 51.7 Å². The molecule has 0 aromatic rings. The minimum Gasteiger partial charge on any atom is -0.396 e. The first-order valence-electron chi connectivity index (χ1n) is 6.17. The monoisotopic (exact) mass is 216 g/mol. The Morgan fingerprint density at radius 1 is 1.40 bits per heavy atom. The number of hydrogen-bond acceptors (Lipinski definition) is 3. The summed E-state index contributed by atoms with van der Waals surface area (Å²) in [7, 11) is 0. The molecule has 3 nitrogen and oxygen atoms in total. The standard InChI is InChI=1S/C12H24O3/c1-11(6-2-4-8-13)10-15-12-7-3-5-9-14-12/h11-13H,2-10H2,1H3/t11-,12?/m0/s1. The Kier molecular flexibility index (Phi) is 6.98. The largest absolute Gasteiger partial charge is 0.396 e. The second-order valence-corrected chi connectivity index (χ2v) is 4.45. The summed E-state index contributed by atoms with van der Waals surface area (Å²) >= 11 is 0. The molecule has 0 aromatic heterocycles. The van der Waals surface area contributed by atoms with Gasteiger partial charge < -0.3 is 14.6 Å². The van der Waals surface area contributed by atoms with E-state index < -0.39 is 0 Å². The highest BCUT2D eigenvalue weighted by molar-refractivity contribution is 4.57. The van der Waals surface area contributed by atoms with Crippen molar-refractivity contribution >= 4 is 0 Å². The molecule has 1 aliphatic heterocycles. The van der Waals surface area contributed by atoms with Gasteiger partial charge in [-0.3, -0.25) is 0 Å². The normalized spacial score (nSPS) is 24.0. The molecule has 0 bridgehead atoms. The van der Waals surface area contributed by atoms with Gasteiger partial charge in [0.1, 0.15) is 0 Å². The van der Waals surface area contributed by atoms with Crippen molar-refractivity contribution in [1.29, 1.82) is 0 Å². The van der Waals surface area contributed by atoms with Gasteiger partial charge in [0.05, 0.1) is 6.61 Å². The molecule has 0 aliphatic carbocycles. The van der Waals surface area contributed by atoms with Crippen molar-refractivity contribution in [3.63, 3.8) is 0 Å². The number of aliphatic hydroxyl groups excluding tert-OH is 1. The highest BCUT2D eigenvalue weighted by Crippen LogP contribution is 2.16. The third-order valence-electron chi connectivity index (χ3n) is 2.81. The van der Waals surface area contributed by atoms with Crippen LogP contribution in [0.25, 0.3) is 0 Å². The summed E-state index contributed by atoms with van der Waals surface area (Å²) < 4.78 is 11.2. The van der Waals surface area contributed by atoms with E-state index >= 15 is 0 Å². The molecule has 0 spiro atoms. The van der Waals surface area contributed by atoms with Crippen LogP contribution in [-0.4, -0.2) is 31.2 Å². The molecule has 0 saturated carbocycles. The highest BCUT2D eigenvalue weighted by atomic mass is 16.7. The lowest BCUT2D eigenvalue weighted by Gasteiger charge is -2.24. The van der Waals surface area contributed by atoms with E-state index in [1.54, 1.807) is 0 Å². The summed E-state index contributed by atoms with van der Waals surface area (Å²) in [5, 5.41) is 8.66. The van der Waals surface area contributed by atoms with Crippen LogP contribution in [0.4, 0.5) is 0 Å². The molecule has 0 radical (unpaired) electrons. The van der Waals surface area contributed by atoms with Crippen LogP contribution in [0.3, 0.4) is 0 Å². The smallest absolute Gasteiger partial charge is 0.157 e. The molecule has 1 aliphatic rings. The van der Waals surface area contributed by atoms with E-state index in [2.05, 4.69) is 6.92 Å².